The van der Waals surface area contributed by atoms with Crippen molar-refractivity contribution in [3.05, 3.63) is 126 Å². The molecule has 6 nitrogen and oxygen atoms in total. The molecule has 3 aromatic carbocycles. The van der Waals surface area contributed by atoms with Crippen molar-refractivity contribution < 1.29 is 4.74 Å². The summed E-state index contributed by atoms with van der Waals surface area (Å²) in [5, 5.41) is 13.4. The van der Waals surface area contributed by atoms with Crippen molar-refractivity contribution in [2.24, 2.45) is 0 Å². The molecular weight excluding hydrogens is 458 g/mol. The summed E-state index contributed by atoms with van der Waals surface area (Å²) in [5.74, 6) is 0.601. The predicted molar refractivity (Wildman–Crippen MR) is 149 cm³/mol. The van der Waals surface area contributed by atoms with E-state index in [2.05, 4.69) is 98.7 Å². The Bertz CT molecular complexity index is 1510. The largest absolute Gasteiger partial charge is 0.446 e. The Labute approximate surface area is 216 Å². The minimum Gasteiger partial charge on any atom is -0.446 e. The standard InChI is InChI=1S/C29H23N5O.C2H6/c1-2-8-19(9-3-1)26-25-21-10-5-4-7-18(21)12-13-22(25)32-27(34-26)20-14-16-30-24(17-20)29-33-23-11-6-15-31-28(23)35-29;1-2/h1-17,26-27,29,32-34H;1-2H3. The number of hydrogen-bond acceptors (Lipinski definition) is 6. The summed E-state index contributed by atoms with van der Waals surface area (Å²) in [5.41, 5.74) is 6.40. The second kappa shape index (κ2) is 9.91. The van der Waals surface area contributed by atoms with Gasteiger partial charge in [0.2, 0.25) is 12.1 Å². The summed E-state index contributed by atoms with van der Waals surface area (Å²) in [6, 6.07) is 31.6. The summed E-state index contributed by atoms with van der Waals surface area (Å²) < 4.78 is 6.00. The normalized spacial score (nSPS) is 19.4. The fraction of sp³-hybridized carbons (Fsp3) is 0.161. The van der Waals surface area contributed by atoms with Crippen molar-refractivity contribution in [3.8, 4) is 5.88 Å². The molecule has 7 rings (SSSR count). The van der Waals surface area contributed by atoms with Crippen molar-refractivity contribution in [1.29, 1.82) is 0 Å². The third-order valence-corrected chi connectivity index (χ3v) is 6.72. The quantitative estimate of drug-likeness (QED) is 0.255. The second-order valence-electron chi connectivity index (χ2n) is 8.85. The molecule has 0 saturated carbocycles. The molecule has 0 amide bonds. The maximum absolute atomic E-state index is 6.00. The van der Waals surface area contributed by atoms with Crippen LogP contribution in [0.2, 0.25) is 0 Å². The Hall–Kier alpha value is -4.42. The monoisotopic (exact) mass is 487 g/mol. The zero-order chi connectivity index (χ0) is 25.2. The van der Waals surface area contributed by atoms with Gasteiger partial charge in [0, 0.05) is 23.6 Å². The number of rotatable bonds is 3. The van der Waals surface area contributed by atoms with E-state index in [1.807, 2.05) is 38.2 Å². The third-order valence-electron chi connectivity index (χ3n) is 6.72. The lowest BCUT2D eigenvalue weighted by atomic mass is 9.89. The van der Waals surface area contributed by atoms with Crippen molar-refractivity contribution in [1.82, 2.24) is 15.3 Å². The van der Waals surface area contributed by atoms with E-state index in [-0.39, 0.29) is 18.4 Å². The van der Waals surface area contributed by atoms with Gasteiger partial charge in [0.1, 0.15) is 17.5 Å². The summed E-state index contributed by atoms with van der Waals surface area (Å²) in [6.07, 6.45) is 3.10. The van der Waals surface area contributed by atoms with Gasteiger partial charge >= 0.3 is 0 Å². The number of aromatic nitrogens is 2. The van der Waals surface area contributed by atoms with Crippen LogP contribution >= 0.6 is 0 Å². The van der Waals surface area contributed by atoms with E-state index < -0.39 is 0 Å². The first-order chi connectivity index (χ1) is 18.3. The van der Waals surface area contributed by atoms with Crippen LogP contribution in [0.5, 0.6) is 5.88 Å². The van der Waals surface area contributed by atoms with Crippen LogP contribution in [0, 0.1) is 0 Å². The van der Waals surface area contributed by atoms with Gasteiger partial charge in [-0.25, -0.2) is 4.98 Å². The molecule has 3 N–H and O–H groups in total. The highest BCUT2D eigenvalue weighted by atomic mass is 16.5. The molecule has 3 atom stereocenters. The number of nitrogens with one attached hydrogen (secondary N) is 3. The summed E-state index contributed by atoms with van der Waals surface area (Å²) in [6.45, 7) is 4.00. The van der Waals surface area contributed by atoms with Crippen LogP contribution in [-0.2, 0) is 0 Å². The van der Waals surface area contributed by atoms with Crippen molar-refractivity contribution in [3.63, 3.8) is 0 Å². The smallest absolute Gasteiger partial charge is 0.239 e. The summed E-state index contributed by atoms with van der Waals surface area (Å²) >= 11 is 0. The molecule has 2 aromatic heterocycles. The molecule has 184 valence electrons. The highest BCUT2D eigenvalue weighted by Crippen LogP contribution is 2.41. The lowest BCUT2D eigenvalue weighted by molar-refractivity contribution is 0.245. The lowest BCUT2D eigenvalue weighted by Gasteiger charge is -2.36. The Morgan fingerprint density at radius 3 is 2.41 bits per heavy atom. The Kier molecular flexibility index (Phi) is 6.16. The molecule has 37 heavy (non-hydrogen) atoms. The number of hydrogen-bond donors (Lipinski definition) is 3. The molecule has 0 fully saturated rings. The maximum atomic E-state index is 6.00. The molecule has 0 bridgehead atoms. The number of nitrogens with zero attached hydrogens (tertiary/aromatic N) is 2. The molecule has 2 aliphatic rings. The van der Waals surface area contributed by atoms with Crippen LogP contribution in [-0.4, -0.2) is 9.97 Å². The average Bonchev–Trinajstić information content (AvgIpc) is 3.43. The van der Waals surface area contributed by atoms with Crippen LogP contribution < -0.4 is 20.7 Å². The SMILES string of the molecule is CC.c1ccc(C2NC(c3ccnc(C4Nc5cccnc5O4)c3)Nc3ccc4ccccc4c32)cc1. The van der Waals surface area contributed by atoms with E-state index in [1.165, 1.54) is 21.9 Å². The Morgan fingerprint density at radius 1 is 0.703 bits per heavy atom. The van der Waals surface area contributed by atoms with Gasteiger partial charge in [-0.05, 0) is 52.2 Å². The second-order valence-corrected chi connectivity index (χ2v) is 8.85. The van der Waals surface area contributed by atoms with Crippen LogP contribution in [0.25, 0.3) is 10.8 Å². The van der Waals surface area contributed by atoms with Gasteiger partial charge in [-0.1, -0.05) is 74.5 Å². The van der Waals surface area contributed by atoms with Gasteiger partial charge in [0.25, 0.3) is 0 Å². The first-order valence-corrected chi connectivity index (χ1v) is 12.8. The van der Waals surface area contributed by atoms with E-state index in [0.29, 0.717) is 5.88 Å². The Balaban J connectivity index is 0.00000123. The minimum absolute atomic E-state index is 0.0366. The number of pyridine rings is 2. The summed E-state index contributed by atoms with van der Waals surface area (Å²) in [4.78, 5) is 8.89. The van der Waals surface area contributed by atoms with Crippen molar-refractivity contribution in [2.45, 2.75) is 32.3 Å². The number of anilines is 2. The van der Waals surface area contributed by atoms with E-state index in [0.717, 1.165) is 22.6 Å². The molecular formula is C31H29N5O. The molecule has 4 heterocycles. The minimum atomic E-state index is -0.371. The van der Waals surface area contributed by atoms with Crippen LogP contribution in [0.4, 0.5) is 11.4 Å². The van der Waals surface area contributed by atoms with Crippen LogP contribution in [0.3, 0.4) is 0 Å². The fourth-order valence-electron chi connectivity index (χ4n) is 5.07. The van der Waals surface area contributed by atoms with E-state index in [9.17, 15) is 0 Å². The Morgan fingerprint density at radius 2 is 1.54 bits per heavy atom. The van der Waals surface area contributed by atoms with Crippen LogP contribution in [0.1, 0.15) is 54.7 Å². The van der Waals surface area contributed by atoms with Gasteiger partial charge in [-0.15, -0.1) is 0 Å². The maximum Gasteiger partial charge on any atom is 0.239 e. The van der Waals surface area contributed by atoms with Gasteiger partial charge < -0.3 is 15.4 Å². The fourth-order valence-corrected chi connectivity index (χ4v) is 5.07. The van der Waals surface area contributed by atoms with E-state index in [4.69, 9.17) is 4.74 Å². The average molecular weight is 488 g/mol. The molecule has 0 aliphatic carbocycles. The number of fused-ring (bicyclic) bond motifs is 4. The summed E-state index contributed by atoms with van der Waals surface area (Å²) in [7, 11) is 0. The molecule has 2 aliphatic heterocycles. The first-order valence-electron chi connectivity index (χ1n) is 12.8. The molecule has 5 aromatic rings. The van der Waals surface area contributed by atoms with Gasteiger partial charge in [-0.2, -0.15) is 0 Å². The number of benzene rings is 3. The van der Waals surface area contributed by atoms with E-state index in [1.54, 1.807) is 6.20 Å². The molecule has 0 spiro atoms. The number of ether oxygens (including phenoxy) is 1. The molecule has 0 radical (unpaired) electrons. The third kappa shape index (κ3) is 4.26. The van der Waals surface area contributed by atoms with Crippen LogP contribution in [0.15, 0.2) is 103 Å². The van der Waals surface area contributed by atoms with Gasteiger partial charge in [0.15, 0.2) is 0 Å². The van der Waals surface area contributed by atoms with Gasteiger partial charge in [-0.3, -0.25) is 10.3 Å². The van der Waals surface area contributed by atoms with E-state index >= 15 is 0 Å². The topological polar surface area (TPSA) is 71.1 Å². The lowest BCUT2D eigenvalue weighted by Crippen LogP contribution is -2.37. The van der Waals surface area contributed by atoms with Crippen molar-refractivity contribution in [2.75, 3.05) is 10.6 Å². The van der Waals surface area contributed by atoms with Crippen molar-refractivity contribution >= 4 is 22.1 Å². The molecule has 6 heteroatoms. The zero-order valence-electron chi connectivity index (χ0n) is 20.8. The first kappa shape index (κ1) is 23.0. The predicted octanol–water partition coefficient (Wildman–Crippen LogP) is 6.96. The molecule has 0 saturated heterocycles. The highest BCUT2D eigenvalue weighted by Gasteiger charge is 2.31. The molecule has 3 unspecified atom stereocenters. The highest BCUT2D eigenvalue weighted by molar-refractivity contribution is 5.91. The zero-order valence-corrected chi connectivity index (χ0v) is 20.8. The van der Waals surface area contributed by atoms with Gasteiger partial charge in [0.05, 0.1) is 6.04 Å².